The highest BCUT2D eigenvalue weighted by Crippen LogP contribution is 2.56. The minimum absolute atomic E-state index is 0.0263. The Labute approximate surface area is 360 Å². The number of hydrogen-bond donors (Lipinski definition) is 2. The van der Waals surface area contributed by atoms with Crippen LogP contribution in [0.2, 0.25) is 0 Å². The third-order valence-electron chi connectivity index (χ3n) is 12.1. The molecule has 2 aromatic carbocycles. The van der Waals surface area contributed by atoms with Crippen LogP contribution in [0.1, 0.15) is 105 Å². The predicted molar refractivity (Wildman–Crippen MR) is 210 cm³/mol. The van der Waals surface area contributed by atoms with Crippen LogP contribution in [0.15, 0.2) is 30.3 Å². The molecular formula is C44H57F11N2O6. The van der Waals surface area contributed by atoms with E-state index < -0.39 is 55.4 Å². The number of aryl methyl sites for hydroxylation is 1. The minimum Gasteiger partial charge on any atom is -0.489 e. The Bertz CT molecular complexity index is 1700. The van der Waals surface area contributed by atoms with Gasteiger partial charge in [-0.25, -0.2) is 8.78 Å². The van der Waals surface area contributed by atoms with Gasteiger partial charge in [0, 0.05) is 38.1 Å². The van der Waals surface area contributed by atoms with Crippen molar-refractivity contribution in [3.63, 3.8) is 0 Å². The number of rotatable bonds is 21. The number of benzene rings is 2. The molecule has 0 spiro atoms. The van der Waals surface area contributed by atoms with E-state index in [0.29, 0.717) is 50.6 Å². The van der Waals surface area contributed by atoms with Gasteiger partial charge >= 0.3 is 24.1 Å². The SMILES string of the molecule is CN(CCCCCC(=O)NCCOCCC=O)Cc1c(F)cc(COc2ccc3c(c2)CCC2C3CCC3CCCC32)cc1F.OCCCOC(C(F)(F)F)(C(F)(F)F)C(F)(F)F. The van der Waals surface area contributed by atoms with Crippen molar-refractivity contribution in [2.75, 3.05) is 46.6 Å². The van der Waals surface area contributed by atoms with Crippen molar-refractivity contribution in [3.8, 4) is 5.75 Å². The molecule has 3 aliphatic carbocycles. The zero-order valence-corrected chi connectivity index (χ0v) is 35.2. The normalized spacial score (nSPS) is 20.0. The molecular weight excluding hydrogens is 861 g/mol. The van der Waals surface area contributed by atoms with Crippen molar-refractivity contribution >= 4 is 12.2 Å². The lowest BCUT2D eigenvalue weighted by molar-refractivity contribution is -0.457. The van der Waals surface area contributed by atoms with Crippen LogP contribution in [0.5, 0.6) is 5.75 Å². The molecule has 0 aromatic heterocycles. The van der Waals surface area contributed by atoms with Crippen molar-refractivity contribution in [2.45, 2.75) is 127 Å². The topological polar surface area (TPSA) is 97.3 Å². The van der Waals surface area contributed by atoms with Crippen LogP contribution < -0.4 is 10.1 Å². The molecule has 0 bridgehead atoms. The Balaban J connectivity index is 0.000000409. The van der Waals surface area contributed by atoms with Crippen molar-refractivity contribution < 1.29 is 77.2 Å². The maximum Gasteiger partial charge on any atom is 0.435 e. The number of nitrogens with one attached hydrogen (secondary N) is 1. The second-order valence-corrected chi connectivity index (χ2v) is 16.5. The van der Waals surface area contributed by atoms with Gasteiger partial charge in [0.15, 0.2) is 0 Å². The number of ether oxygens (including phenoxy) is 3. The summed E-state index contributed by atoms with van der Waals surface area (Å²) in [7, 11) is 1.85. The highest BCUT2D eigenvalue weighted by Gasteiger charge is 2.85. The summed E-state index contributed by atoms with van der Waals surface area (Å²) in [5.74, 6) is 3.04. The molecule has 0 heterocycles. The van der Waals surface area contributed by atoms with E-state index in [4.69, 9.17) is 14.6 Å². The highest BCUT2D eigenvalue weighted by atomic mass is 19.4. The van der Waals surface area contributed by atoms with Crippen LogP contribution >= 0.6 is 0 Å². The van der Waals surface area contributed by atoms with E-state index in [2.05, 4.69) is 22.2 Å². The number of carbonyl (C=O) groups is 2. The Morgan fingerprint density at radius 2 is 1.54 bits per heavy atom. The summed E-state index contributed by atoms with van der Waals surface area (Å²) in [5.41, 5.74) is -2.80. The molecule has 63 heavy (non-hydrogen) atoms. The lowest BCUT2D eigenvalue weighted by atomic mass is 9.61. The number of halogens is 11. The zero-order valence-electron chi connectivity index (χ0n) is 35.2. The lowest BCUT2D eigenvalue weighted by Crippen LogP contribution is -2.67. The molecule has 8 nitrogen and oxygen atoms in total. The van der Waals surface area contributed by atoms with E-state index in [0.717, 1.165) is 55.5 Å². The van der Waals surface area contributed by atoms with Gasteiger partial charge in [0.2, 0.25) is 5.91 Å². The third-order valence-corrected chi connectivity index (χ3v) is 12.1. The molecule has 0 radical (unpaired) electrons. The van der Waals surface area contributed by atoms with Gasteiger partial charge in [0.1, 0.15) is 30.3 Å². The molecule has 0 aliphatic heterocycles. The molecule has 2 saturated carbocycles. The van der Waals surface area contributed by atoms with Crippen LogP contribution in [-0.2, 0) is 38.6 Å². The van der Waals surface area contributed by atoms with Crippen LogP contribution in [-0.4, -0.2) is 92.9 Å². The highest BCUT2D eigenvalue weighted by molar-refractivity contribution is 5.75. The summed E-state index contributed by atoms with van der Waals surface area (Å²) < 4.78 is 154. The maximum absolute atomic E-state index is 15.0. The summed E-state index contributed by atoms with van der Waals surface area (Å²) >= 11 is 0. The lowest BCUT2D eigenvalue weighted by Gasteiger charge is -2.44. The molecule has 4 unspecified atom stereocenters. The number of unbranched alkanes of at least 4 members (excludes halogenated alkanes) is 2. The van der Waals surface area contributed by atoms with Gasteiger partial charge in [0.25, 0.3) is 0 Å². The van der Waals surface area contributed by atoms with E-state index in [9.17, 15) is 49.1 Å². The first kappa shape index (κ1) is 52.1. The number of amides is 1. The minimum atomic E-state index is -6.72. The van der Waals surface area contributed by atoms with Crippen LogP contribution in [0.4, 0.5) is 48.3 Å². The Hall–Kier alpha value is -3.55. The van der Waals surface area contributed by atoms with Gasteiger partial charge in [-0.3, -0.25) is 4.79 Å². The third kappa shape index (κ3) is 14.0. The summed E-state index contributed by atoms with van der Waals surface area (Å²) in [4.78, 5) is 24.1. The van der Waals surface area contributed by atoms with Gasteiger partial charge in [0.05, 0.1) is 19.8 Å². The maximum atomic E-state index is 15.0. The summed E-state index contributed by atoms with van der Waals surface area (Å²) in [6.07, 6.45) is -7.66. The number of aliphatic hydroxyl groups is 1. The molecule has 1 amide bonds. The first-order chi connectivity index (χ1) is 29.7. The zero-order chi connectivity index (χ0) is 46.4. The van der Waals surface area contributed by atoms with Gasteiger partial charge < -0.3 is 34.3 Å². The van der Waals surface area contributed by atoms with Gasteiger partial charge in [-0.15, -0.1) is 0 Å². The average molecular weight is 919 g/mol. The van der Waals surface area contributed by atoms with E-state index in [1.807, 2.05) is 18.0 Å². The van der Waals surface area contributed by atoms with Crippen LogP contribution in [0, 0.1) is 29.4 Å². The number of aldehydes is 1. The predicted octanol–water partition coefficient (Wildman–Crippen LogP) is 9.92. The quantitative estimate of drug-likeness (QED) is 0.0732. The number of nitrogens with zero attached hydrogens (tertiary/aromatic N) is 1. The van der Waals surface area contributed by atoms with E-state index in [1.165, 1.54) is 61.8 Å². The molecule has 19 heteroatoms. The molecule has 2 fully saturated rings. The smallest absolute Gasteiger partial charge is 0.435 e. The number of hydrogen-bond acceptors (Lipinski definition) is 7. The van der Waals surface area contributed by atoms with Crippen molar-refractivity contribution in [1.82, 2.24) is 10.2 Å². The summed E-state index contributed by atoms with van der Waals surface area (Å²) in [5, 5.41) is 10.9. The van der Waals surface area contributed by atoms with Gasteiger partial charge in [-0.1, -0.05) is 25.3 Å². The van der Waals surface area contributed by atoms with Gasteiger partial charge in [-0.05, 0) is 130 Å². The Morgan fingerprint density at radius 1 is 0.841 bits per heavy atom. The molecule has 3 aliphatic rings. The standard InChI is InChI=1S/C37H50F2N2O4.C7H7F9O2/c1-41(17-4-2-3-9-37(43)40-16-20-44-19-6-18-42)24-34-35(38)21-26(22-36(34)39)25-45-29-12-15-31-28(23-29)11-14-32-30-8-5-7-27(30)10-13-33(31)32;8-5(9,10)4(6(11,12)13,7(14,15)16)18-3-1-2-17/h12,15,18,21-23,27,30,32-33H,2-11,13-14,16-17,19-20,24-25H2,1H3,(H,40,43);17H,1-3H2. The summed E-state index contributed by atoms with van der Waals surface area (Å²) in [6, 6.07) is 9.23. The fourth-order valence-corrected chi connectivity index (χ4v) is 9.12. The average Bonchev–Trinajstić information content (AvgIpc) is 3.69. The van der Waals surface area contributed by atoms with Crippen molar-refractivity contribution in [1.29, 1.82) is 0 Å². The second kappa shape index (κ2) is 23.6. The van der Waals surface area contributed by atoms with Gasteiger partial charge in [-0.2, -0.15) is 39.5 Å². The second-order valence-electron chi connectivity index (χ2n) is 16.5. The Kier molecular flexibility index (Phi) is 19.5. The molecule has 2 N–H and O–H groups in total. The molecule has 0 saturated heterocycles. The first-order valence-electron chi connectivity index (χ1n) is 21.4. The van der Waals surface area contributed by atoms with E-state index >= 15 is 8.78 Å². The number of alkyl halides is 9. The van der Waals surface area contributed by atoms with Crippen molar-refractivity contribution in [3.05, 3.63) is 64.2 Å². The van der Waals surface area contributed by atoms with E-state index in [1.54, 1.807) is 0 Å². The fourth-order valence-electron chi connectivity index (χ4n) is 9.12. The van der Waals surface area contributed by atoms with E-state index in [-0.39, 0.29) is 24.6 Å². The molecule has 4 atom stereocenters. The van der Waals surface area contributed by atoms with Crippen molar-refractivity contribution in [2.24, 2.45) is 17.8 Å². The summed E-state index contributed by atoms with van der Waals surface area (Å²) in [6.45, 7) is -0.290. The fraction of sp³-hybridized carbons (Fsp3) is 0.682. The Morgan fingerprint density at radius 3 is 2.19 bits per heavy atom. The monoisotopic (exact) mass is 918 g/mol. The molecule has 2 aromatic rings. The molecule has 356 valence electrons. The number of aliphatic hydroxyl groups excluding tert-OH is 1. The number of carbonyl (C=O) groups excluding carboxylic acids is 2. The largest absolute Gasteiger partial charge is 0.489 e. The number of fused-ring (bicyclic) bond motifs is 5. The first-order valence-corrected chi connectivity index (χ1v) is 21.4. The van der Waals surface area contributed by atoms with Crippen LogP contribution in [0.25, 0.3) is 0 Å². The molecule has 5 rings (SSSR count). The van der Waals surface area contributed by atoms with Crippen LogP contribution in [0.3, 0.4) is 0 Å².